The Balaban J connectivity index is 1.90. The van der Waals surface area contributed by atoms with Crippen molar-refractivity contribution in [2.24, 2.45) is 0 Å². The van der Waals surface area contributed by atoms with Crippen molar-refractivity contribution in [1.29, 1.82) is 0 Å². The van der Waals surface area contributed by atoms with Crippen molar-refractivity contribution < 1.29 is 9.21 Å². The Hall–Kier alpha value is -2.07. The van der Waals surface area contributed by atoms with Crippen LogP contribution in [0.25, 0.3) is 11.0 Å². The molecule has 0 saturated heterocycles. The summed E-state index contributed by atoms with van der Waals surface area (Å²) in [5.41, 5.74) is 2.52. The van der Waals surface area contributed by atoms with E-state index in [1.165, 1.54) is 0 Å². The van der Waals surface area contributed by atoms with Crippen LogP contribution in [0.5, 0.6) is 0 Å². The Morgan fingerprint density at radius 2 is 1.95 bits per heavy atom. The summed E-state index contributed by atoms with van der Waals surface area (Å²) in [6, 6.07) is 15.1. The second-order valence-corrected chi connectivity index (χ2v) is 5.44. The molecule has 3 nitrogen and oxygen atoms in total. The standard InChI is InChI=1S/C16H12BrNO2/c1-10-6-7-12(17)13(8-10)18-16(19)15-9-11-4-2-3-5-14(11)20-15/h2-9H,1H3,(H,18,19). The fraction of sp³-hybridized carbons (Fsp3) is 0.0625. The lowest BCUT2D eigenvalue weighted by atomic mass is 10.2. The topological polar surface area (TPSA) is 42.2 Å². The number of halogens is 1. The van der Waals surface area contributed by atoms with E-state index in [1.807, 2.05) is 49.4 Å². The van der Waals surface area contributed by atoms with Crippen LogP contribution < -0.4 is 5.32 Å². The summed E-state index contributed by atoms with van der Waals surface area (Å²) in [4.78, 5) is 12.2. The first-order valence-electron chi connectivity index (χ1n) is 6.19. The number of benzene rings is 2. The van der Waals surface area contributed by atoms with Crippen LogP contribution in [0, 0.1) is 6.92 Å². The molecule has 2 aromatic carbocycles. The summed E-state index contributed by atoms with van der Waals surface area (Å²) in [6.07, 6.45) is 0. The van der Waals surface area contributed by atoms with Gasteiger partial charge >= 0.3 is 0 Å². The zero-order chi connectivity index (χ0) is 14.1. The Morgan fingerprint density at radius 1 is 1.15 bits per heavy atom. The van der Waals surface area contributed by atoms with Gasteiger partial charge in [-0.15, -0.1) is 0 Å². The molecule has 0 aliphatic rings. The summed E-state index contributed by atoms with van der Waals surface area (Å²) in [5, 5.41) is 3.77. The van der Waals surface area contributed by atoms with E-state index in [0.29, 0.717) is 11.3 Å². The van der Waals surface area contributed by atoms with Crippen LogP contribution in [0.1, 0.15) is 16.1 Å². The van der Waals surface area contributed by atoms with Crippen LogP contribution in [-0.2, 0) is 0 Å². The molecule has 0 atom stereocenters. The molecule has 0 saturated carbocycles. The van der Waals surface area contributed by atoms with Gasteiger partial charge in [-0.05, 0) is 52.7 Å². The number of hydrogen-bond acceptors (Lipinski definition) is 2. The third kappa shape index (κ3) is 2.47. The number of aryl methyl sites for hydroxylation is 1. The number of para-hydroxylation sites is 1. The second kappa shape index (κ2) is 5.13. The molecule has 0 bridgehead atoms. The molecular formula is C16H12BrNO2. The fourth-order valence-corrected chi connectivity index (χ4v) is 2.36. The molecule has 3 rings (SSSR count). The number of anilines is 1. The number of fused-ring (bicyclic) bond motifs is 1. The molecule has 4 heteroatoms. The van der Waals surface area contributed by atoms with Gasteiger partial charge in [-0.3, -0.25) is 4.79 Å². The van der Waals surface area contributed by atoms with E-state index in [4.69, 9.17) is 4.42 Å². The van der Waals surface area contributed by atoms with Crippen molar-refractivity contribution in [3.8, 4) is 0 Å². The Bertz CT molecular complexity index is 759. The normalized spacial score (nSPS) is 10.7. The first-order valence-corrected chi connectivity index (χ1v) is 6.99. The SMILES string of the molecule is Cc1ccc(Br)c(NC(=O)c2cc3ccccc3o2)c1. The highest BCUT2D eigenvalue weighted by Crippen LogP contribution is 2.25. The van der Waals surface area contributed by atoms with Gasteiger partial charge in [-0.1, -0.05) is 24.3 Å². The Morgan fingerprint density at radius 3 is 2.75 bits per heavy atom. The minimum atomic E-state index is -0.257. The molecular weight excluding hydrogens is 318 g/mol. The largest absolute Gasteiger partial charge is 0.451 e. The highest BCUT2D eigenvalue weighted by molar-refractivity contribution is 9.10. The summed E-state index contributed by atoms with van der Waals surface area (Å²) in [7, 11) is 0. The number of hydrogen-bond donors (Lipinski definition) is 1. The second-order valence-electron chi connectivity index (χ2n) is 4.59. The maximum atomic E-state index is 12.2. The maximum absolute atomic E-state index is 12.2. The van der Waals surface area contributed by atoms with Gasteiger partial charge in [-0.25, -0.2) is 0 Å². The van der Waals surface area contributed by atoms with Crippen molar-refractivity contribution in [2.75, 3.05) is 5.32 Å². The highest BCUT2D eigenvalue weighted by atomic mass is 79.9. The number of rotatable bonds is 2. The monoisotopic (exact) mass is 329 g/mol. The Labute approximate surface area is 124 Å². The van der Waals surface area contributed by atoms with E-state index in [-0.39, 0.29) is 5.91 Å². The summed E-state index contributed by atoms with van der Waals surface area (Å²) in [5.74, 6) is 0.0482. The van der Waals surface area contributed by atoms with E-state index in [2.05, 4.69) is 21.2 Å². The summed E-state index contributed by atoms with van der Waals surface area (Å²) < 4.78 is 6.39. The van der Waals surface area contributed by atoms with Crippen molar-refractivity contribution in [1.82, 2.24) is 0 Å². The molecule has 1 aromatic heterocycles. The Kier molecular flexibility index (Phi) is 3.32. The molecule has 0 radical (unpaired) electrons. The van der Waals surface area contributed by atoms with Crippen molar-refractivity contribution >= 4 is 38.5 Å². The average molecular weight is 330 g/mol. The van der Waals surface area contributed by atoms with Crippen LogP contribution >= 0.6 is 15.9 Å². The molecule has 1 N–H and O–H groups in total. The molecule has 20 heavy (non-hydrogen) atoms. The number of carbonyl (C=O) groups excluding carboxylic acids is 1. The highest BCUT2D eigenvalue weighted by Gasteiger charge is 2.13. The van der Waals surface area contributed by atoms with Gasteiger partial charge in [-0.2, -0.15) is 0 Å². The fourth-order valence-electron chi connectivity index (χ4n) is 2.01. The maximum Gasteiger partial charge on any atom is 0.291 e. The lowest BCUT2D eigenvalue weighted by Gasteiger charge is -2.06. The summed E-state index contributed by atoms with van der Waals surface area (Å²) in [6.45, 7) is 1.98. The van der Waals surface area contributed by atoms with Crippen molar-refractivity contribution in [2.45, 2.75) is 6.92 Å². The molecule has 1 heterocycles. The van der Waals surface area contributed by atoms with E-state index in [9.17, 15) is 4.79 Å². The van der Waals surface area contributed by atoms with E-state index in [1.54, 1.807) is 6.07 Å². The quantitative estimate of drug-likeness (QED) is 0.736. The molecule has 0 aliphatic carbocycles. The van der Waals surface area contributed by atoms with Crippen LogP contribution in [0.3, 0.4) is 0 Å². The first-order chi connectivity index (χ1) is 9.63. The molecule has 100 valence electrons. The summed E-state index contributed by atoms with van der Waals surface area (Å²) >= 11 is 3.42. The number of furan rings is 1. The minimum Gasteiger partial charge on any atom is -0.451 e. The van der Waals surface area contributed by atoms with Gasteiger partial charge in [0.05, 0.1) is 5.69 Å². The van der Waals surface area contributed by atoms with E-state index < -0.39 is 0 Å². The third-order valence-corrected chi connectivity index (χ3v) is 3.71. The number of nitrogens with one attached hydrogen (secondary N) is 1. The smallest absolute Gasteiger partial charge is 0.291 e. The van der Waals surface area contributed by atoms with E-state index in [0.717, 1.165) is 21.1 Å². The molecule has 3 aromatic rings. The van der Waals surface area contributed by atoms with Crippen LogP contribution in [0.4, 0.5) is 5.69 Å². The van der Waals surface area contributed by atoms with Gasteiger partial charge in [0.15, 0.2) is 5.76 Å². The van der Waals surface area contributed by atoms with Crippen molar-refractivity contribution in [3.05, 3.63) is 64.3 Å². The lowest BCUT2D eigenvalue weighted by Crippen LogP contribution is -2.11. The van der Waals surface area contributed by atoms with E-state index >= 15 is 0 Å². The van der Waals surface area contributed by atoms with Crippen molar-refractivity contribution in [3.63, 3.8) is 0 Å². The lowest BCUT2D eigenvalue weighted by molar-refractivity contribution is 0.0998. The predicted molar refractivity (Wildman–Crippen MR) is 83.0 cm³/mol. The molecule has 0 unspecified atom stereocenters. The van der Waals surface area contributed by atoms with Crippen LogP contribution in [-0.4, -0.2) is 5.91 Å². The predicted octanol–water partition coefficient (Wildman–Crippen LogP) is 4.76. The first kappa shape index (κ1) is 12.9. The molecule has 0 fully saturated rings. The molecule has 0 spiro atoms. The van der Waals surface area contributed by atoms with Crippen LogP contribution in [0.15, 0.2) is 57.4 Å². The third-order valence-electron chi connectivity index (χ3n) is 3.02. The van der Waals surface area contributed by atoms with Gasteiger partial charge in [0.25, 0.3) is 5.91 Å². The van der Waals surface area contributed by atoms with Gasteiger partial charge in [0, 0.05) is 9.86 Å². The zero-order valence-electron chi connectivity index (χ0n) is 10.8. The number of amides is 1. The molecule has 0 aliphatic heterocycles. The zero-order valence-corrected chi connectivity index (χ0v) is 12.4. The molecule has 1 amide bonds. The van der Waals surface area contributed by atoms with Gasteiger partial charge in [0.1, 0.15) is 5.58 Å². The van der Waals surface area contributed by atoms with Crippen LogP contribution in [0.2, 0.25) is 0 Å². The van der Waals surface area contributed by atoms with Gasteiger partial charge < -0.3 is 9.73 Å². The number of carbonyl (C=O) groups is 1. The van der Waals surface area contributed by atoms with Gasteiger partial charge in [0.2, 0.25) is 0 Å². The minimum absolute atomic E-state index is 0.257. The average Bonchev–Trinajstić information content (AvgIpc) is 2.87.